The van der Waals surface area contributed by atoms with Crippen LogP contribution in [-0.4, -0.2) is 64.2 Å². The lowest BCUT2D eigenvalue weighted by molar-refractivity contribution is 0.0676. The number of aromatic nitrogens is 1. The summed E-state index contributed by atoms with van der Waals surface area (Å²) in [5.41, 5.74) is 0.612. The van der Waals surface area contributed by atoms with Crippen LogP contribution in [0.15, 0.2) is 18.3 Å². The standard InChI is InChI=1S/C15H24N4O3S/c1-18(2)14-9-13(6-7-16-14)15(20)19-8-4-5-12(11-19)10-17-23(3,21)22/h6-7,9,12,17H,4-5,8,10-11H2,1-3H3. The van der Waals surface area contributed by atoms with E-state index >= 15 is 0 Å². The Morgan fingerprint density at radius 3 is 2.87 bits per heavy atom. The van der Waals surface area contributed by atoms with Crippen molar-refractivity contribution >= 4 is 21.7 Å². The predicted octanol–water partition coefficient (Wildman–Crippen LogP) is 0.549. The number of hydrogen-bond acceptors (Lipinski definition) is 5. The molecule has 0 aliphatic carbocycles. The lowest BCUT2D eigenvalue weighted by Crippen LogP contribution is -2.43. The number of sulfonamides is 1. The molecular weight excluding hydrogens is 316 g/mol. The van der Waals surface area contributed by atoms with Gasteiger partial charge in [0.1, 0.15) is 5.82 Å². The molecule has 23 heavy (non-hydrogen) atoms. The maximum atomic E-state index is 12.7. The van der Waals surface area contributed by atoms with E-state index in [1.54, 1.807) is 23.2 Å². The number of nitrogens with zero attached hydrogens (tertiary/aromatic N) is 3. The van der Waals surface area contributed by atoms with Crippen molar-refractivity contribution in [3.05, 3.63) is 23.9 Å². The predicted molar refractivity (Wildman–Crippen MR) is 90.0 cm³/mol. The Morgan fingerprint density at radius 2 is 2.22 bits per heavy atom. The third kappa shape index (κ3) is 5.18. The molecule has 0 spiro atoms. The van der Waals surface area contributed by atoms with E-state index in [-0.39, 0.29) is 11.8 Å². The summed E-state index contributed by atoms with van der Waals surface area (Å²) in [5, 5.41) is 0. The van der Waals surface area contributed by atoms with E-state index in [9.17, 15) is 13.2 Å². The van der Waals surface area contributed by atoms with Crippen LogP contribution in [-0.2, 0) is 10.0 Å². The number of carbonyl (C=O) groups is 1. The van der Waals surface area contributed by atoms with Crippen LogP contribution in [0, 0.1) is 5.92 Å². The van der Waals surface area contributed by atoms with Gasteiger partial charge in [-0.1, -0.05) is 0 Å². The Labute approximate surface area is 137 Å². The number of anilines is 1. The summed E-state index contributed by atoms with van der Waals surface area (Å²) in [4.78, 5) is 20.5. The highest BCUT2D eigenvalue weighted by molar-refractivity contribution is 7.88. The number of pyridine rings is 1. The molecule has 1 fully saturated rings. The van der Waals surface area contributed by atoms with Crippen LogP contribution in [0.5, 0.6) is 0 Å². The van der Waals surface area contributed by atoms with E-state index in [0.29, 0.717) is 25.2 Å². The number of rotatable bonds is 5. The van der Waals surface area contributed by atoms with Gasteiger partial charge in [0.2, 0.25) is 10.0 Å². The Kier molecular flexibility index (Phi) is 5.59. The van der Waals surface area contributed by atoms with Crippen molar-refractivity contribution in [2.24, 2.45) is 5.92 Å². The van der Waals surface area contributed by atoms with Gasteiger partial charge in [-0.2, -0.15) is 0 Å². The fraction of sp³-hybridized carbons (Fsp3) is 0.600. The molecular formula is C15H24N4O3S. The minimum atomic E-state index is -3.20. The average Bonchev–Trinajstić information content (AvgIpc) is 2.52. The highest BCUT2D eigenvalue weighted by atomic mass is 32.2. The Balaban J connectivity index is 2.03. The van der Waals surface area contributed by atoms with Gasteiger partial charge in [-0.05, 0) is 30.9 Å². The minimum absolute atomic E-state index is 0.0282. The Hall–Kier alpha value is -1.67. The fourth-order valence-corrected chi connectivity index (χ4v) is 3.20. The summed E-state index contributed by atoms with van der Waals surface area (Å²) in [5.74, 6) is 0.861. The first-order chi connectivity index (χ1) is 10.8. The smallest absolute Gasteiger partial charge is 0.254 e. The van der Waals surface area contributed by atoms with E-state index in [0.717, 1.165) is 24.9 Å². The van der Waals surface area contributed by atoms with Crippen molar-refractivity contribution in [1.82, 2.24) is 14.6 Å². The van der Waals surface area contributed by atoms with Gasteiger partial charge in [0.25, 0.3) is 5.91 Å². The lowest BCUT2D eigenvalue weighted by Gasteiger charge is -2.33. The molecule has 0 radical (unpaired) electrons. The molecule has 128 valence electrons. The van der Waals surface area contributed by atoms with E-state index in [2.05, 4.69) is 9.71 Å². The number of carbonyl (C=O) groups excluding carboxylic acids is 1. The minimum Gasteiger partial charge on any atom is -0.363 e. The van der Waals surface area contributed by atoms with Gasteiger partial charge in [0.15, 0.2) is 0 Å². The summed E-state index contributed by atoms with van der Waals surface area (Å²) in [6.45, 7) is 1.65. The van der Waals surface area contributed by atoms with E-state index in [1.165, 1.54) is 0 Å². The molecule has 0 saturated carbocycles. The zero-order chi connectivity index (χ0) is 17.0. The quantitative estimate of drug-likeness (QED) is 0.846. The maximum absolute atomic E-state index is 12.7. The van der Waals surface area contributed by atoms with Crippen LogP contribution in [0.25, 0.3) is 0 Å². The summed E-state index contributed by atoms with van der Waals surface area (Å²) in [7, 11) is 0.563. The second-order valence-corrected chi connectivity index (χ2v) is 8.01. The summed E-state index contributed by atoms with van der Waals surface area (Å²) in [6, 6.07) is 3.49. The largest absolute Gasteiger partial charge is 0.363 e. The molecule has 1 N–H and O–H groups in total. The second-order valence-electron chi connectivity index (χ2n) is 6.18. The third-order valence-corrected chi connectivity index (χ3v) is 4.58. The number of likely N-dealkylation sites (tertiary alicyclic amines) is 1. The van der Waals surface area contributed by atoms with Crippen molar-refractivity contribution in [2.45, 2.75) is 12.8 Å². The van der Waals surface area contributed by atoms with Crippen LogP contribution in [0.1, 0.15) is 23.2 Å². The molecule has 8 heteroatoms. The van der Waals surface area contributed by atoms with E-state index in [1.807, 2.05) is 19.0 Å². The van der Waals surface area contributed by atoms with Crippen molar-refractivity contribution in [3.63, 3.8) is 0 Å². The zero-order valence-corrected chi connectivity index (χ0v) is 14.6. The van der Waals surface area contributed by atoms with Crippen molar-refractivity contribution in [2.75, 3.05) is 44.9 Å². The number of amides is 1. The summed E-state index contributed by atoms with van der Waals surface area (Å²) >= 11 is 0. The highest BCUT2D eigenvalue weighted by Crippen LogP contribution is 2.19. The molecule has 1 amide bonds. The van der Waals surface area contributed by atoms with Gasteiger partial charge in [-0.15, -0.1) is 0 Å². The first-order valence-corrected chi connectivity index (χ1v) is 9.52. The SMILES string of the molecule is CN(C)c1cc(C(=O)N2CCCC(CNS(C)(=O)=O)C2)ccn1. The molecule has 1 aliphatic heterocycles. The normalized spacial score (nSPS) is 18.7. The van der Waals surface area contributed by atoms with Gasteiger partial charge in [-0.25, -0.2) is 18.1 Å². The Bertz CT molecular complexity index is 660. The van der Waals surface area contributed by atoms with Gasteiger partial charge < -0.3 is 9.80 Å². The van der Waals surface area contributed by atoms with Crippen LogP contribution in [0.4, 0.5) is 5.82 Å². The monoisotopic (exact) mass is 340 g/mol. The third-order valence-electron chi connectivity index (χ3n) is 3.89. The number of hydrogen-bond donors (Lipinski definition) is 1. The highest BCUT2D eigenvalue weighted by Gasteiger charge is 2.25. The maximum Gasteiger partial charge on any atom is 0.254 e. The van der Waals surface area contributed by atoms with Gasteiger partial charge >= 0.3 is 0 Å². The summed E-state index contributed by atoms with van der Waals surface area (Å²) < 4.78 is 25.0. The summed E-state index contributed by atoms with van der Waals surface area (Å²) in [6.07, 6.45) is 4.59. The fourth-order valence-electron chi connectivity index (χ4n) is 2.66. The average molecular weight is 340 g/mol. The van der Waals surface area contributed by atoms with E-state index in [4.69, 9.17) is 0 Å². The van der Waals surface area contributed by atoms with Crippen LogP contribution < -0.4 is 9.62 Å². The van der Waals surface area contributed by atoms with Crippen LogP contribution >= 0.6 is 0 Å². The first kappa shape index (κ1) is 17.7. The number of nitrogens with one attached hydrogen (secondary N) is 1. The molecule has 7 nitrogen and oxygen atoms in total. The van der Waals surface area contributed by atoms with Crippen molar-refractivity contribution < 1.29 is 13.2 Å². The molecule has 1 aromatic rings. The van der Waals surface area contributed by atoms with E-state index < -0.39 is 10.0 Å². The molecule has 1 aromatic heterocycles. The van der Waals surface area contributed by atoms with Gasteiger partial charge in [-0.3, -0.25) is 4.79 Å². The lowest BCUT2D eigenvalue weighted by atomic mass is 9.97. The molecule has 0 aromatic carbocycles. The molecule has 1 atom stereocenters. The Morgan fingerprint density at radius 1 is 1.48 bits per heavy atom. The second kappa shape index (κ2) is 7.27. The number of piperidine rings is 1. The molecule has 0 bridgehead atoms. The van der Waals surface area contributed by atoms with Gasteiger partial charge in [0, 0.05) is 45.5 Å². The van der Waals surface area contributed by atoms with Crippen molar-refractivity contribution in [3.8, 4) is 0 Å². The molecule has 2 heterocycles. The molecule has 1 saturated heterocycles. The molecule has 2 rings (SSSR count). The zero-order valence-electron chi connectivity index (χ0n) is 13.8. The first-order valence-electron chi connectivity index (χ1n) is 7.63. The van der Waals surface area contributed by atoms with Crippen LogP contribution in [0.3, 0.4) is 0 Å². The molecule has 1 aliphatic rings. The van der Waals surface area contributed by atoms with Crippen molar-refractivity contribution in [1.29, 1.82) is 0 Å². The van der Waals surface area contributed by atoms with Crippen LogP contribution in [0.2, 0.25) is 0 Å². The molecule has 1 unspecified atom stereocenters. The van der Waals surface area contributed by atoms with Gasteiger partial charge in [0.05, 0.1) is 6.26 Å². The topological polar surface area (TPSA) is 82.6 Å².